The zero-order valence-electron chi connectivity index (χ0n) is 24.6. The highest BCUT2D eigenvalue weighted by molar-refractivity contribution is 6.77. The average Bonchev–Trinajstić information content (AvgIpc) is 2.93. The first-order valence-electron chi connectivity index (χ1n) is 13.5. The van der Waals surface area contributed by atoms with Crippen LogP contribution in [0.3, 0.4) is 0 Å². The summed E-state index contributed by atoms with van der Waals surface area (Å²) in [6.07, 6.45) is 6.17. The first kappa shape index (κ1) is 29.1. The van der Waals surface area contributed by atoms with Crippen LogP contribution >= 0.6 is 0 Å². The summed E-state index contributed by atoms with van der Waals surface area (Å²) < 4.78 is 14.7. The third-order valence-corrected chi connectivity index (χ3v) is 21.0. The van der Waals surface area contributed by atoms with Crippen LogP contribution in [0.25, 0.3) is 0 Å². The maximum atomic E-state index is 7.46. The lowest BCUT2D eigenvalue weighted by molar-refractivity contribution is -0.0376. The minimum absolute atomic E-state index is 0.00903. The van der Waals surface area contributed by atoms with Crippen molar-refractivity contribution in [2.75, 3.05) is 0 Å². The molecule has 192 valence electrons. The van der Waals surface area contributed by atoms with E-state index in [2.05, 4.69) is 109 Å². The monoisotopic (exact) mass is 492 g/mol. The van der Waals surface area contributed by atoms with Crippen LogP contribution in [0.2, 0.25) is 34.8 Å². The number of rotatable bonds is 8. The molecule has 0 radical (unpaired) electrons. The summed E-state index contributed by atoms with van der Waals surface area (Å²) in [5, 5.41) is 0.202. The quantitative estimate of drug-likeness (QED) is 0.248. The zero-order chi connectivity index (χ0) is 25.8. The molecule has 0 aliphatic heterocycles. The van der Waals surface area contributed by atoms with Gasteiger partial charge in [-0.25, -0.2) is 0 Å². The van der Waals surface area contributed by atoms with Gasteiger partial charge in [0.05, 0.1) is 12.2 Å². The van der Waals surface area contributed by atoms with Crippen molar-refractivity contribution in [3.05, 3.63) is 23.8 Å². The lowest BCUT2D eigenvalue weighted by Crippen LogP contribution is -2.58. The Bertz CT molecular complexity index is 736. The van der Waals surface area contributed by atoms with Crippen molar-refractivity contribution in [3.8, 4) is 0 Å². The van der Waals surface area contributed by atoms with Crippen LogP contribution < -0.4 is 0 Å². The highest BCUT2D eigenvalue weighted by Crippen LogP contribution is 2.64. The Hall–Kier alpha value is -0.166. The molecule has 4 atom stereocenters. The molecular formula is C29H56O2Si2. The second-order valence-electron chi connectivity index (χ2n) is 14.0. The maximum absolute atomic E-state index is 7.46. The predicted molar refractivity (Wildman–Crippen MR) is 151 cm³/mol. The fourth-order valence-corrected chi connectivity index (χ4v) is 13.9. The normalized spacial score (nSPS) is 31.4. The molecule has 2 rings (SSSR count). The van der Waals surface area contributed by atoms with Gasteiger partial charge < -0.3 is 8.85 Å². The summed E-state index contributed by atoms with van der Waals surface area (Å²) >= 11 is 0. The minimum atomic E-state index is -1.98. The van der Waals surface area contributed by atoms with Gasteiger partial charge in [0, 0.05) is 10.8 Å². The fraction of sp³-hybridized carbons (Fsp3) is 0.862. The van der Waals surface area contributed by atoms with Crippen LogP contribution in [0.15, 0.2) is 23.8 Å². The Balaban J connectivity index is 2.56. The van der Waals surface area contributed by atoms with Crippen LogP contribution in [0.5, 0.6) is 0 Å². The van der Waals surface area contributed by atoms with Gasteiger partial charge in [-0.2, -0.15) is 0 Å². The molecular weight excluding hydrogens is 436 g/mol. The Morgan fingerprint density at radius 1 is 0.970 bits per heavy atom. The minimum Gasteiger partial charge on any atom is -0.413 e. The highest BCUT2D eigenvalue weighted by atomic mass is 28.4. The van der Waals surface area contributed by atoms with E-state index < -0.39 is 16.6 Å². The molecule has 0 amide bonds. The highest BCUT2D eigenvalue weighted by Gasteiger charge is 2.61. The third-order valence-electron chi connectivity index (χ3n) is 10.4. The van der Waals surface area contributed by atoms with Gasteiger partial charge in [-0.3, -0.25) is 0 Å². The van der Waals surface area contributed by atoms with Crippen molar-refractivity contribution in [1.29, 1.82) is 0 Å². The van der Waals surface area contributed by atoms with Gasteiger partial charge in [0.15, 0.2) is 8.32 Å². The van der Waals surface area contributed by atoms with Gasteiger partial charge in [0.25, 0.3) is 0 Å². The lowest BCUT2D eigenvalue weighted by atomic mass is 9.55. The van der Waals surface area contributed by atoms with Crippen molar-refractivity contribution >= 4 is 16.6 Å². The fourth-order valence-electron chi connectivity index (χ4n) is 6.91. The van der Waals surface area contributed by atoms with Crippen molar-refractivity contribution in [2.24, 2.45) is 10.8 Å². The van der Waals surface area contributed by atoms with E-state index in [9.17, 15) is 0 Å². The number of allylic oxidation sites excluding steroid dienone is 2. The number of hydrogen-bond acceptors (Lipinski definition) is 2. The number of hydrogen-bond donors (Lipinski definition) is 0. The molecule has 0 aromatic heterocycles. The molecule has 1 saturated carbocycles. The van der Waals surface area contributed by atoms with Gasteiger partial charge in [-0.05, 0) is 66.5 Å². The molecule has 0 aromatic rings. The standard InChI is InChI=1S/C29H56O2Si2/c1-20(2)28(12)19-18-24-25(30-33(21(3)4,22(5)6)23(7)8)16-17-26(29(24,28)13)31-32(14,15)27(9,10)11/h18,21-23,25-26H,1,16-17,19H2,2-15H3/t25-,26-,28-,29-/m0/s1. The van der Waals surface area contributed by atoms with Gasteiger partial charge in [-0.15, -0.1) is 0 Å². The molecule has 1 fully saturated rings. The van der Waals surface area contributed by atoms with E-state index in [-0.39, 0.29) is 28.1 Å². The van der Waals surface area contributed by atoms with Crippen LogP contribution in [-0.4, -0.2) is 28.8 Å². The van der Waals surface area contributed by atoms with Crippen LogP contribution in [0.4, 0.5) is 0 Å². The topological polar surface area (TPSA) is 18.5 Å². The SMILES string of the molecule is C=C(C)[C@]1(C)CC=C2[C@@H](O[Si](C(C)C)(C(C)C)C(C)C)CC[C@H](O[Si](C)(C)C(C)(C)C)[C@]21C. The lowest BCUT2D eigenvalue weighted by Gasteiger charge is -2.57. The Morgan fingerprint density at radius 2 is 1.45 bits per heavy atom. The first-order chi connectivity index (χ1) is 14.8. The zero-order valence-corrected chi connectivity index (χ0v) is 26.6. The van der Waals surface area contributed by atoms with E-state index in [4.69, 9.17) is 8.85 Å². The second kappa shape index (κ2) is 9.37. The average molecular weight is 493 g/mol. The Kier molecular flexibility index (Phi) is 8.25. The second-order valence-corrected chi connectivity index (χ2v) is 24.2. The molecule has 0 bridgehead atoms. The summed E-state index contributed by atoms with van der Waals surface area (Å²) in [6, 6.07) is 0. The van der Waals surface area contributed by atoms with Crippen molar-refractivity contribution in [3.63, 3.8) is 0 Å². The molecule has 0 spiro atoms. The molecule has 0 aromatic carbocycles. The summed E-state index contributed by atoms with van der Waals surface area (Å²) in [5.74, 6) is 0. The van der Waals surface area contributed by atoms with E-state index >= 15 is 0 Å². The molecule has 0 saturated heterocycles. The smallest absolute Gasteiger partial charge is 0.201 e. The Labute approximate surface area is 209 Å². The molecule has 33 heavy (non-hydrogen) atoms. The predicted octanol–water partition coefficient (Wildman–Crippen LogP) is 9.65. The molecule has 0 N–H and O–H groups in total. The van der Waals surface area contributed by atoms with E-state index in [1.807, 2.05) is 0 Å². The maximum Gasteiger partial charge on any atom is 0.201 e. The van der Waals surface area contributed by atoms with Gasteiger partial charge >= 0.3 is 0 Å². The van der Waals surface area contributed by atoms with Crippen LogP contribution in [-0.2, 0) is 8.85 Å². The molecule has 4 heteroatoms. The van der Waals surface area contributed by atoms with E-state index in [1.54, 1.807) is 0 Å². The summed E-state index contributed by atoms with van der Waals surface area (Å²) in [4.78, 5) is 0. The van der Waals surface area contributed by atoms with Crippen LogP contribution in [0.1, 0.15) is 102 Å². The van der Waals surface area contributed by atoms with Crippen molar-refractivity contribution < 1.29 is 8.85 Å². The Morgan fingerprint density at radius 3 is 1.85 bits per heavy atom. The van der Waals surface area contributed by atoms with Crippen LogP contribution in [0, 0.1) is 10.8 Å². The van der Waals surface area contributed by atoms with E-state index in [0.717, 1.165) is 19.3 Å². The van der Waals surface area contributed by atoms with Crippen molar-refractivity contribution in [2.45, 2.75) is 149 Å². The van der Waals surface area contributed by atoms with E-state index in [1.165, 1.54) is 11.1 Å². The largest absolute Gasteiger partial charge is 0.413 e. The van der Waals surface area contributed by atoms with E-state index in [0.29, 0.717) is 16.6 Å². The van der Waals surface area contributed by atoms with Crippen molar-refractivity contribution in [1.82, 2.24) is 0 Å². The van der Waals surface area contributed by atoms with Gasteiger partial charge in [0.1, 0.15) is 0 Å². The molecule has 2 aliphatic carbocycles. The summed E-state index contributed by atoms with van der Waals surface area (Å²) in [6.45, 7) is 37.9. The van der Waals surface area contributed by atoms with Gasteiger partial charge in [-0.1, -0.05) is 94.4 Å². The number of fused-ring (bicyclic) bond motifs is 1. The first-order valence-corrected chi connectivity index (χ1v) is 18.6. The third kappa shape index (κ3) is 4.56. The molecule has 0 unspecified atom stereocenters. The molecule has 2 nitrogen and oxygen atoms in total. The summed E-state index contributed by atoms with van der Waals surface area (Å²) in [7, 11) is -3.88. The van der Waals surface area contributed by atoms with Gasteiger partial charge in [0.2, 0.25) is 8.32 Å². The molecule has 2 aliphatic rings. The summed E-state index contributed by atoms with van der Waals surface area (Å²) in [5.41, 5.74) is 4.53. The molecule has 0 heterocycles.